The van der Waals surface area contributed by atoms with Crippen molar-refractivity contribution in [2.24, 2.45) is 5.14 Å². The highest BCUT2D eigenvalue weighted by Gasteiger charge is 2.13. The molecule has 0 spiro atoms. The molecule has 1 aliphatic rings. The SMILES string of the molecule is NS(=O)(=O)CCCCOCC1CCCCO1. The minimum absolute atomic E-state index is 0.0380. The fourth-order valence-corrected chi connectivity index (χ4v) is 2.27. The van der Waals surface area contributed by atoms with Gasteiger partial charge in [0, 0.05) is 13.2 Å². The quantitative estimate of drug-likeness (QED) is 0.673. The van der Waals surface area contributed by atoms with Crippen molar-refractivity contribution in [1.29, 1.82) is 0 Å². The van der Waals surface area contributed by atoms with Crippen molar-refractivity contribution in [1.82, 2.24) is 0 Å². The summed E-state index contributed by atoms with van der Waals surface area (Å²) < 4.78 is 32.2. The Kier molecular flexibility index (Phi) is 6.26. The minimum atomic E-state index is -3.31. The molecule has 1 fully saturated rings. The third-order valence-corrected chi connectivity index (χ3v) is 3.40. The van der Waals surface area contributed by atoms with Crippen LogP contribution in [0.2, 0.25) is 0 Å². The van der Waals surface area contributed by atoms with Gasteiger partial charge in [0.1, 0.15) is 0 Å². The van der Waals surface area contributed by atoms with E-state index in [9.17, 15) is 8.42 Å². The second-order valence-corrected chi connectivity index (χ2v) is 5.87. The first kappa shape index (κ1) is 13.9. The number of primary sulfonamides is 1. The summed E-state index contributed by atoms with van der Waals surface area (Å²) in [5.74, 6) is 0.0380. The Hall–Kier alpha value is -0.170. The number of sulfonamides is 1. The van der Waals surface area contributed by atoms with Crippen LogP contribution in [0.25, 0.3) is 0 Å². The lowest BCUT2D eigenvalue weighted by Crippen LogP contribution is -2.24. The molecule has 1 atom stereocenters. The number of unbranched alkanes of at least 4 members (excludes halogenated alkanes) is 1. The van der Waals surface area contributed by atoms with Gasteiger partial charge in [-0.2, -0.15) is 0 Å². The summed E-state index contributed by atoms with van der Waals surface area (Å²) in [6.07, 6.45) is 4.93. The van der Waals surface area contributed by atoms with Crippen LogP contribution in [0.1, 0.15) is 32.1 Å². The Morgan fingerprint density at radius 3 is 2.75 bits per heavy atom. The van der Waals surface area contributed by atoms with Crippen LogP contribution in [0.4, 0.5) is 0 Å². The molecule has 0 aromatic rings. The van der Waals surface area contributed by atoms with Gasteiger partial charge in [0.05, 0.1) is 18.5 Å². The third kappa shape index (κ3) is 7.16. The summed E-state index contributed by atoms with van der Waals surface area (Å²) in [4.78, 5) is 0. The van der Waals surface area contributed by atoms with Gasteiger partial charge in [-0.15, -0.1) is 0 Å². The number of hydrogen-bond donors (Lipinski definition) is 1. The lowest BCUT2D eigenvalue weighted by atomic mass is 10.1. The van der Waals surface area contributed by atoms with Crippen molar-refractivity contribution in [3.8, 4) is 0 Å². The highest BCUT2D eigenvalue weighted by Crippen LogP contribution is 2.12. The molecule has 96 valence electrons. The first-order chi connectivity index (χ1) is 7.58. The van der Waals surface area contributed by atoms with Gasteiger partial charge in [0.2, 0.25) is 10.0 Å². The molecule has 0 amide bonds. The highest BCUT2D eigenvalue weighted by atomic mass is 32.2. The van der Waals surface area contributed by atoms with Crippen molar-refractivity contribution in [3.63, 3.8) is 0 Å². The molecule has 1 heterocycles. The lowest BCUT2D eigenvalue weighted by molar-refractivity contribution is -0.0409. The lowest BCUT2D eigenvalue weighted by Gasteiger charge is -2.22. The van der Waals surface area contributed by atoms with E-state index in [1.165, 1.54) is 6.42 Å². The Balaban J connectivity index is 1.91. The van der Waals surface area contributed by atoms with Crippen LogP contribution in [0.15, 0.2) is 0 Å². The fourth-order valence-electron chi connectivity index (χ4n) is 1.66. The number of ether oxygens (including phenoxy) is 2. The van der Waals surface area contributed by atoms with Crippen molar-refractivity contribution < 1.29 is 17.9 Å². The third-order valence-electron chi connectivity index (χ3n) is 2.55. The molecular weight excluding hydrogens is 230 g/mol. The van der Waals surface area contributed by atoms with Crippen LogP contribution in [0.3, 0.4) is 0 Å². The first-order valence-electron chi connectivity index (χ1n) is 5.78. The van der Waals surface area contributed by atoms with Gasteiger partial charge in [-0.25, -0.2) is 13.6 Å². The molecule has 0 radical (unpaired) electrons. The average Bonchev–Trinajstić information content (AvgIpc) is 2.23. The molecule has 0 bridgehead atoms. The van der Waals surface area contributed by atoms with Gasteiger partial charge >= 0.3 is 0 Å². The summed E-state index contributed by atoms with van der Waals surface area (Å²) in [6.45, 7) is 2.03. The first-order valence-corrected chi connectivity index (χ1v) is 7.49. The van der Waals surface area contributed by atoms with Crippen molar-refractivity contribution in [3.05, 3.63) is 0 Å². The summed E-state index contributed by atoms with van der Waals surface area (Å²) in [5.41, 5.74) is 0. The topological polar surface area (TPSA) is 78.6 Å². The van der Waals surface area contributed by atoms with E-state index in [-0.39, 0.29) is 11.9 Å². The second kappa shape index (κ2) is 7.21. The van der Waals surface area contributed by atoms with Crippen molar-refractivity contribution >= 4 is 10.0 Å². The summed E-state index contributed by atoms with van der Waals surface area (Å²) in [7, 11) is -3.31. The van der Waals surface area contributed by atoms with Gasteiger partial charge in [0.15, 0.2) is 0 Å². The molecule has 6 heteroatoms. The van der Waals surface area contributed by atoms with Crippen LogP contribution in [-0.2, 0) is 19.5 Å². The minimum Gasteiger partial charge on any atom is -0.379 e. The van der Waals surface area contributed by atoms with Crippen LogP contribution < -0.4 is 5.14 Å². The normalized spacial score (nSPS) is 22.2. The highest BCUT2D eigenvalue weighted by molar-refractivity contribution is 7.89. The number of rotatable bonds is 7. The van der Waals surface area contributed by atoms with Gasteiger partial charge in [-0.05, 0) is 32.1 Å². The molecule has 0 aliphatic carbocycles. The molecular formula is C10H21NO4S. The zero-order chi connectivity index (χ0) is 11.9. The smallest absolute Gasteiger partial charge is 0.209 e. The molecule has 1 rings (SSSR count). The number of hydrogen-bond acceptors (Lipinski definition) is 4. The summed E-state index contributed by atoms with van der Waals surface area (Å²) in [6, 6.07) is 0. The largest absolute Gasteiger partial charge is 0.379 e. The molecule has 0 saturated carbocycles. The Morgan fingerprint density at radius 1 is 1.31 bits per heavy atom. The molecule has 2 N–H and O–H groups in total. The standard InChI is InChI=1S/C10H21NO4S/c11-16(12,13)8-4-3-6-14-9-10-5-1-2-7-15-10/h10H,1-9H2,(H2,11,12,13). The maximum atomic E-state index is 10.6. The Labute approximate surface area is 97.3 Å². The predicted octanol–water partition coefficient (Wildman–Crippen LogP) is 0.641. The van der Waals surface area contributed by atoms with E-state index in [1.807, 2.05) is 0 Å². The maximum Gasteiger partial charge on any atom is 0.209 e. The second-order valence-electron chi connectivity index (χ2n) is 4.14. The molecule has 0 aromatic carbocycles. The zero-order valence-electron chi connectivity index (χ0n) is 9.56. The Morgan fingerprint density at radius 2 is 2.12 bits per heavy atom. The molecule has 5 nitrogen and oxygen atoms in total. The van der Waals surface area contributed by atoms with Crippen molar-refractivity contribution in [2.45, 2.75) is 38.2 Å². The van der Waals surface area contributed by atoms with E-state index in [0.717, 1.165) is 25.9 Å². The van der Waals surface area contributed by atoms with E-state index in [4.69, 9.17) is 14.6 Å². The van der Waals surface area contributed by atoms with Crippen LogP contribution in [0.5, 0.6) is 0 Å². The fraction of sp³-hybridized carbons (Fsp3) is 1.00. The number of nitrogens with two attached hydrogens (primary N) is 1. The molecule has 0 aromatic heterocycles. The average molecular weight is 251 g/mol. The van der Waals surface area contributed by atoms with E-state index in [0.29, 0.717) is 19.6 Å². The predicted molar refractivity (Wildman–Crippen MR) is 61.6 cm³/mol. The van der Waals surface area contributed by atoms with E-state index < -0.39 is 10.0 Å². The maximum absolute atomic E-state index is 10.6. The van der Waals surface area contributed by atoms with E-state index in [2.05, 4.69) is 0 Å². The molecule has 1 aliphatic heterocycles. The van der Waals surface area contributed by atoms with E-state index in [1.54, 1.807) is 0 Å². The molecule has 16 heavy (non-hydrogen) atoms. The molecule has 1 saturated heterocycles. The van der Waals surface area contributed by atoms with Gasteiger partial charge in [-0.3, -0.25) is 0 Å². The zero-order valence-corrected chi connectivity index (χ0v) is 10.4. The van der Waals surface area contributed by atoms with Gasteiger partial charge in [-0.1, -0.05) is 0 Å². The van der Waals surface area contributed by atoms with Crippen LogP contribution >= 0.6 is 0 Å². The van der Waals surface area contributed by atoms with Crippen LogP contribution in [0, 0.1) is 0 Å². The van der Waals surface area contributed by atoms with Crippen molar-refractivity contribution in [2.75, 3.05) is 25.6 Å². The summed E-state index contributed by atoms with van der Waals surface area (Å²) in [5, 5.41) is 4.88. The summed E-state index contributed by atoms with van der Waals surface area (Å²) >= 11 is 0. The monoisotopic (exact) mass is 251 g/mol. The molecule has 1 unspecified atom stereocenters. The van der Waals surface area contributed by atoms with Gasteiger partial charge in [0.25, 0.3) is 0 Å². The van der Waals surface area contributed by atoms with Crippen LogP contribution in [-0.4, -0.2) is 40.1 Å². The Bertz CT molecular complexity index is 273. The van der Waals surface area contributed by atoms with E-state index >= 15 is 0 Å². The van der Waals surface area contributed by atoms with Gasteiger partial charge < -0.3 is 9.47 Å².